The van der Waals surface area contributed by atoms with Gasteiger partial charge < -0.3 is 9.47 Å². The van der Waals surface area contributed by atoms with Gasteiger partial charge in [-0.3, -0.25) is 4.68 Å². The molecule has 2 atom stereocenters. The van der Waals surface area contributed by atoms with E-state index in [0.29, 0.717) is 47.3 Å². The topological polar surface area (TPSA) is 76.3 Å². The van der Waals surface area contributed by atoms with Gasteiger partial charge in [0.15, 0.2) is 0 Å². The lowest BCUT2D eigenvalue weighted by molar-refractivity contribution is 0.451. The summed E-state index contributed by atoms with van der Waals surface area (Å²) < 4.78 is 32.4. The van der Waals surface area contributed by atoms with Crippen LogP contribution in [0.5, 0.6) is 0 Å². The molecule has 4 heterocycles. The van der Waals surface area contributed by atoms with Crippen LogP contribution in [0.2, 0.25) is 0 Å². The Balaban J connectivity index is 1.40. The van der Waals surface area contributed by atoms with Gasteiger partial charge in [-0.15, -0.1) is 0 Å². The van der Waals surface area contributed by atoms with Crippen LogP contribution in [0.1, 0.15) is 31.3 Å². The zero-order chi connectivity index (χ0) is 22.1. The molecule has 0 aliphatic carbocycles. The second-order valence-corrected chi connectivity index (χ2v) is 11.1. The Morgan fingerprint density at radius 2 is 1.68 bits per heavy atom. The number of para-hydroxylation sites is 2. The lowest BCUT2D eigenvalue weighted by atomic mass is 10.0. The highest BCUT2D eigenvalue weighted by Gasteiger charge is 2.46. The third-order valence-corrected chi connectivity index (χ3v) is 8.95. The zero-order valence-corrected chi connectivity index (χ0v) is 19.6. The number of fused-ring (bicyclic) bond motifs is 2. The maximum absolute atomic E-state index is 13.4. The van der Waals surface area contributed by atoms with E-state index in [0.717, 1.165) is 30.1 Å². The van der Waals surface area contributed by atoms with Crippen LogP contribution < -0.4 is 4.90 Å². The van der Waals surface area contributed by atoms with Crippen LogP contribution in [0.3, 0.4) is 0 Å². The van der Waals surface area contributed by atoms with Crippen molar-refractivity contribution in [3.8, 4) is 0 Å². The first kappa shape index (κ1) is 20.5. The summed E-state index contributed by atoms with van der Waals surface area (Å²) in [5.41, 5.74) is 3.43. The van der Waals surface area contributed by atoms with Gasteiger partial charge in [0.25, 0.3) is 0 Å². The molecule has 3 aromatic rings. The first-order valence-electron chi connectivity index (χ1n) is 10.9. The van der Waals surface area contributed by atoms with Crippen molar-refractivity contribution in [2.75, 3.05) is 31.1 Å². The maximum Gasteiger partial charge on any atom is 0.246 e. The highest BCUT2D eigenvalue weighted by Crippen LogP contribution is 2.38. The number of sulfonamides is 1. The summed E-state index contributed by atoms with van der Waals surface area (Å²) in [5.74, 6) is 1.62. The second kappa shape index (κ2) is 7.06. The summed E-state index contributed by atoms with van der Waals surface area (Å²) in [6.07, 6.45) is 0. The number of anilines is 1. The van der Waals surface area contributed by atoms with E-state index >= 15 is 0 Å². The van der Waals surface area contributed by atoms with Crippen LogP contribution in [0.4, 0.5) is 5.95 Å². The highest BCUT2D eigenvalue weighted by atomic mass is 32.2. The molecule has 0 saturated carbocycles. The smallest absolute Gasteiger partial charge is 0.246 e. The number of hydrogen-bond acceptors (Lipinski definition) is 5. The predicted octanol–water partition coefficient (Wildman–Crippen LogP) is 2.72. The van der Waals surface area contributed by atoms with Gasteiger partial charge in [0.05, 0.1) is 22.4 Å². The van der Waals surface area contributed by atoms with E-state index in [9.17, 15) is 8.42 Å². The molecule has 1 aromatic carbocycles. The van der Waals surface area contributed by atoms with Crippen molar-refractivity contribution in [3.63, 3.8) is 0 Å². The quantitative estimate of drug-likeness (QED) is 0.621. The van der Waals surface area contributed by atoms with Crippen molar-refractivity contribution < 1.29 is 8.42 Å². The minimum Gasteiger partial charge on any atom is -0.342 e. The summed E-state index contributed by atoms with van der Waals surface area (Å²) in [7, 11) is -1.74. The van der Waals surface area contributed by atoms with Crippen molar-refractivity contribution in [1.29, 1.82) is 0 Å². The molecular weight excluding hydrogens is 412 g/mol. The Hall–Kier alpha value is -2.39. The van der Waals surface area contributed by atoms with Crippen LogP contribution in [0.15, 0.2) is 29.2 Å². The van der Waals surface area contributed by atoms with Gasteiger partial charge in [0.1, 0.15) is 4.90 Å². The Kier molecular flexibility index (Phi) is 4.67. The first-order chi connectivity index (χ1) is 14.7. The number of aromatic nitrogens is 4. The Morgan fingerprint density at radius 3 is 2.26 bits per heavy atom. The molecular formula is C22H30N6O2S. The van der Waals surface area contributed by atoms with Crippen LogP contribution in [0, 0.1) is 25.7 Å². The molecule has 2 aliphatic rings. The van der Waals surface area contributed by atoms with E-state index in [1.165, 1.54) is 0 Å². The lowest BCUT2D eigenvalue weighted by Crippen LogP contribution is -2.34. The van der Waals surface area contributed by atoms with Crippen molar-refractivity contribution in [2.24, 2.45) is 18.9 Å². The Labute approximate surface area is 183 Å². The number of benzene rings is 1. The van der Waals surface area contributed by atoms with Crippen LogP contribution in [-0.2, 0) is 17.1 Å². The number of nitrogens with zero attached hydrogens (tertiary/aromatic N) is 6. The molecule has 2 fully saturated rings. The van der Waals surface area contributed by atoms with Gasteiger partial charge in [-0.1, -0.05) is 12.1 Å². The molecule has 0 N–H and O–H groups in total. The third kappa shape index (κ3) is 3.09. The summed E-state index contributed by atoms with van der Waals surface area (Å²) in [6.45, 7) is 10.7. The SMILES string of the molecule is Cc1nn(C)c(C)c1S(=O)(=O)N1CC2CN(c3nc4ccccc4n3C(C)C)CC2C1. The van der Waals surface area contributed by atoms with E-state index in [1.807, 2.05) is 13.0 Å². The molecule has 2 aromatic heterocycles. The molecule has 2 unspecified atom stereocenters. The van der Waals surface area contributed by atoms with Gasteiger partial charge in [0.2, 0.25) is 16.0 Å². The van der Waals surface area contributed by atoms with Crippen molar-refractivity contribution in [3.05, 3.63) is 35.7 Å². The normalized spacial score (nSPS) is 22.2. The molecule has 166 valence electrons. The van der Waals surface area contributed by atoms with E-state index in [-0.39, 0.29) is 0 Å². The van der Waals surface area contributed by atoms with E-state index in [4.69, 9.17) is 4.98 Å². The molecule has 0 bridgehead atoms. The number of imidazole rings is 1. The fraction of sp³-hybridized carbons (Fsp3) is 0.545. The summed E-state index contributed by atoms with van der Waals surface area (Å²) in [5, 5.41) is 4.31. The van der Waals surface area contributed by atoms with E-state index in [1.54, 1.807) is 23.0 Å². The number of hydrogen-bond donors (Lipinski definition) is 0. The van der Waals surface area contributed by atoms with E-state index < -0.39 is 10.0 Å². The Morgan fingerprint density at radius 1 is 1.03 bits per heavy atom. The number of rotatable bonds is 4. The average Bonchev–Trinajstić information content (AvgIpc) is 3.42. The van der Waals surface area contributed by atoms with Gasteiger partial charge in [0, 0.05) is 39.3 Å². The monoisotopic (exact) mass is 442 g/mol. The lowest BCUT2D eigenvalue weighted by Gasteiger charge is -2.24. The minimum absolute atomic E-state index is 0.302. The zero-order valence-electron chi connectivity index (χ0n) is 18.8. The molecule has 2 aliphatic heterocycles. The number of aryl methyl sites for hydroxylation is 2. The fourth-order valence-corrected chi connectivity index (χ4v) is 7.28. The summed E-state index contributed by atoms with van der Waals surface area (Å²) >= 11 is 0. The van der Waals surface area contributed by atoms with E-state index in [2.05, 4.69) is 46.6 Å². The van der Waals surface area contributed by atoms with Gasteiger partial charge >= 0.3 is 0 Å². The van der Waals surface area contributed by atoms with Gasteiger partial charge in [-0.25, -0.2) is 13.4 Å². The average molecular weight is 443 g/mol. The molecule has 8 nitrogen and oxygen atoms in total. The summed E-state index contributed by atoms with van der Waals surface area (Å²) in [6, 6.07) is 8.55. The fourth-order valence-electron chi connectivity index (χ4n) is 5.33. The molecule has 9 heteroatoms. The highest BCUT2D eigenvalue weighted by molar-refractivity contribution is 7.89. The van der Waals surface area contributed by atoms with Crippen LogP contribution in [-0.4, -0.2) is 58.2 Å². The molecule has 5 rings (SSSR count). The summed E-state index contributed by atoms with van der Waals surface area (Å²) in [4.78, 5) is 7.65. The second-order valence-electron chi connectivity index (χ2n) is 9.23. The molecule has 0 radical (unpaired) electrons. The van der Waals surface area contributed by atoms with Crippen molar-refractivity contribution in [2.45, 2.75) is 38.6 Å². The first-order valence-corrected chi connectivity index (χ1v) is 12.3. The van der Waals surface area contributed by atoms with Gasteiger partial charge in [-0.2, -0.15) is 9.40 Å². The Bertz CT molecular complexity index is 1240. The largest absolute Gasteiger partial charge is 0.342 e. The molecule has 0 amide bonds. The molecule has 31 heavy (non-hydrogen) atoms. The van der Waals surface area contributed by atoms with Crippen LogP contribution >= 0.6 is 0 Å². The van der Waals surface area contributed by atoms with Gasteiger partial charge in [-0.05, 0) is 51.7 Å². The molecule has 2 saturated heterocycles. The van der Waals surface area contributed by atoms with Crippen molar-refractivity contribution in [1.82, 2.24) is 23.6 Å². The molecule has 0 spiro atoms. The van der Waals surface area contributed by atoms with Crippen molar-refractivity contribution >= 4 is 27.0 Å². The predicted molar refractivity (Wildman–Crippen MR) is 121 cm³/mol. The third-order valence-electron chi connectivity index (χ3n) is 6.87. The standard InChI is InChI=1S/C22H30N6O2S/c1-14(2)28-20-9-7-6-8-19(20)23-22(28)26-10-17-12-27(13-18(17)11-26)31(29,30)21-15(3)24-25(5)16(21)4/h6-9,14,17-18H,10-13H2,1-5H3. The van der Waals surface area contributed by atoms with Crippen LogP contribution in [0.25, 0.3) is 11.0 Å². The maximum atomic E-state index is 13.4. The minimum atomic E-state index is -3.53.